The number of amides is 2. The van der Waals surface area contributed by atoms with Crippen molar-refractivity contribution in [1.29, 1.82) is 5.26 Å². The maximum Gasteiger partial charge on any atom is 0.321 e. The highest BCUT2D eigenvalue weighted by Gasteiger charge is 2.38. The molecule has 2 amide bonds. The molecule has 0 unspecified atom stereocenters. The van der Waals surface area contributed by atoms with Crippen molar-refractivity contribution in [1.82, 2.24) is 9.21 Å². The number of rotatable bonds is 6. The first-order chi connectivity index (χ1) is 19.4. The molecule has 3 aromatic carbocycles. The van der Waals surface area contributed by atoms with Crippen LogP contribution in [0.1, 0.15) is 19.4 Å². The summed E-state index contributed by atoms with van der Waals surface area (Å²) in [5.74, 6) is -1.91. The Balaban J connectivity index is 1.69. The molecule has 0 radical (unpaired) electrons. The van der Waals surface area contributed by atoms with E-state index in [4.69, 9.17) is 10.00 Å². The van der Waals surface area contributed by atoms with Gasteiger partial charge in [-0.15, -0.1) is 0 Å². The Kier molecular flexibility index (Phi) is 8.92. The molecule has 0 aromatic heterocycles. The molecule has 3 atom stereocenters. The minimum Gasteiger partial charge on any atom is -0.487 e. The Morgan fingerprint density at radius 3 is 2.51 bits per heavy atom. The van der Waals surface area contributed by atoms with E-state index in [1.54, 1.807) is 50.2 Å². The first-order valence-electron chi connectivity index (χ1n) is 12.9. The third-order valence-electron chi connectivity index (χ3n) is 6.98. The first-order valence-corrected chi connectivity index (χ1v) is 14.3. The van der Waals surface area contributed by atoms with Gasteiger partial charge in [0, 0.05) is 31.6 Å². The van der Waals surface area contributed by atoms with Gasteiger partial charge in [-0.2, -0.15) is 9.57 Å². The van der Waals surface area contributed by atoms with Crippen molar-refractivity contribution in [3.05, 3.63) is 77.9 Å². The van der Waals surface area contributed by atoms with Crippen LogP contribution in [0.25, 0.3) is 11.1 Å². The second kappa shape index (κ2) is 12.2. The minimum absolute atomic E-state index is 0.000473. The van der Waals surface area contributed by atoms with E-state index in [1.165, 1.54) is 22.3 Å². The molecule has 2 N–H and O–H groups in total. The van der Waals surface area contributed by atoms with Crippen molar-refractivity contribution in [2.75, 3.05) is 32.1 Å². The number of carbonyl (C=O) groups excluding carboxylic acids is 1. The summed E-state index contributed by atoms with van der Waals surface area (Å²) in [6.45, 7) is 2.94. The molecule has 4 rings (SSSR count). The van der Waals surface area contributed by atoms with Crippen molar-refractivity contribution in [3.63, 3.8) is 0 Å². The number of nitrogens with zero attached hydrogens (tertiary/aromatic N) is 3. The molecule has 0 saturated heterocycles. The smallest absolute Gasteiger partial charge is 0.321 e. The molecule has 0 saturated carbocycles. The van der Waals surface area contributed by atoms with E-state index in [2.05, 4.69) is 11.4 Å². The lowest BCUT2D eigenvalue weighted by atomic mass is 10.0. The second-order valence-corrected chi connectivity index (χ2v) is 11.9. The molecule has 1 heterocycles. The van der Waals surface area contributed by atoms with Gasteiger partial charge >= 0.3 is 6.03 Å². The number of benzene rings is 3. The van der Waals surface area contributed by atoms with Crippen LogP contribution in [0.15, 0.2) is 65.6 Å². The van der Waals surface area contributed by atoms with Gasteiger partial charge in [-0.05, 0) is 54.4 Å². The van der Waals surface area contributed by atoms with Crippen LogP contribution in [0.5, 0.6) is 5.75 Å². The third-order valence-corrected chi connectivity index (χ3v) is 9.00. The van der Waals surface area contributed by atoms with Crippen LogP contribution < -0.4 is 10.1 Å². The normalized spacial score (nSPS) is 19.0. The van der Waals surface area contributed by atoms with Gasteiger partial charge in [0.2, 0.25) is 10.0 Å². The van der Waals surface area contributed by atoms with Crippen molar-refractivity contribution >= 4 is 21.7 Å². The van der Waals surface area contributed by atoms with E-state index in [0.717, 1.165) is 23.8 Å². The standard InChI is InChI=1S/C29H30F2N4O5S/c1-18-15-35(19(2)17-36)41(38,39)28-11-8-22(21-6-4-20(14-32)5-7-21)12-26(28)40-27(18)16-34(3)29(37)33-25-13-23(30)9-10-24(25)31/h4-13,18-19,27,36H,15-17H2,1-3H3,(H,33,37)/t18-,19-,27+/m1/s1. The average molecular weight is 585 g/mol. The number of urea groups is 1. The van der Waals surface area contributed by atoms with Crippen LogP contribution in [-0.4, -0.2) is 67.7 Å². The zero-order chi connectivity index (χ0) is 29.9. The molecule has 216 valence electrons. The number of nitriles is 1. The topological polar surface area (TPSA) is 123 Å². The van der Waals surface area contributed by atoms with Gasteiger partial charge in [-0.1, -0.05) is 25.1 Å². The van der Waals surface area contributed by atoms with Gasteiger partial charge < -0.3 is 20.1 Å². The monoisotopic (exact) mass is 584 g/mol. The molecule has 12 heteroatoms. The van der Waals surface area contributed by atoms with Crippen molar-refractivity contribution in [2.24, 2.45) is 5.92 Å². The quantitative estimate of drug-likeness (QED) is 0.442. The second-order valence-electron chi connectivity index (χ2n) is 10.0. The number of aliphatic hydroxyl groups excluding tert-OH is 1. The van der Waals surface area contributed by atoms with Crippen LogP contribution >= 0.6 is 0 Å². The lowest BCUT2D eigenvalue weighted by molar-refractivity contribution is 0.0830. The van der Waals surface area contributed by atoms with Crippen molar-refractivity contribution in [3.8, 4) is 22.9 Å². The Hall–Kier alpha value is -4.05. The van der Waals surface area contributed by atoms with Gasteiger partial charge in [0.05, 0.1) is 30.5 Å². The number of carbonyl (C=O) groups is 1. The summed E-state index contributed by atoms with van der Waals surface area (Å²) in [6.07, 6.45) is -0.720. The predicted molar refractivity (Wildman–Crippen MR) is 149 cm³/mol. The fraction of sp³-hybridized carbons (Fsp3) is 0.310. The lowest BCUT2D eigenvalue weighted by Gasteiger charge is -2.37. The van der Waals surface area contributed by atoms with Gasteiger partial charge in [0.1, 0.15) is 28.4 Å². The van der Waals surface area contributed by atoms with Crippen LogP contribution in [-0.2, 0) is 10.0 Å². The summed E-state index contributed by atoms with van der Waals surface area (Å²) in [5.41, 5.74) is 1.53. The largest absolute Gasteiger partial charge is 0.487 e. The molecular formula is C29H30F2N4O5S. The van der Waals surface area contributed by atoms with Crippen molar-refractivity contribution < 1.29 is 31.8 Å². The number of anilines is 1. The molecule has 1 aliphatic rings. The number of hydrogen-bond donors (Lipinski definition) is 2. The summed E-state index contributed by atoms with van der Waals surface area (Å²) in [5, 5.41) is 21.3. The Morgan fingerprint density at radius 1 is 1.17 bits per heavy atom. The maximum absolute atomic E-state index is 14.1. The maximum atomic E-state index is 14.1. The summed E-state index contributed by atoms with van der Waals surface area (Å²) in [6, 6.07) is 14.8. The van der Waals surface area contributed by atoms with Gasteiger partial charge in [0.25, 0.3) is 0 Å². The number of ether oxygens (including phenoxy) is 1. The summed E-state index contributed by atoms with van der Waals surface area (Å²) in [4.78, 5) is 14.0. The molecule has 0 aliphatic carbocycles. The number of likely N-dealkylation sites (N-methyl/N-ethyl adjacent to an activating group) is 1. The fourth-order valence-electron chi connectivity index (χ4n) is 4.52. The number of fused-ring (bicyclic) bond motifs is 1. The molecule has 0 fully saturated rings. The fourth-order valence-corrected chi connectivity index (χ4v) is 6.34. The van der Waals surface area contributed by atoms with Gasteiger partial charge in [-0.3, -0.25) is 0 Å². The zero-order valence-electron chi connectivity index (χ0n) is 22.7. The molecule has 41 heavy (non-hydrogen) atoms. The van der Waals surface area contributed by atoms with Gasteiger partial charge in [-0.25, -0.2) is 22.0 Å². The van der Waals surface area contributed by atoms with E-state index in [-0.39, 0.29) is 29.4 Å². The van der Waals surface area contributed by atoms with E-state index in [9.17, 15) is 27.1 Å². The molecule has 9 nitrogen and oxygen atoms in total. The number of nitrogens with one attached hydrogen (secondary N) is 1. The molecule has 0 spiro atoms. The Bertz CT molecular complexity index is 1580. The van der Waals surface area contributed by atoms with E-state index in [0.29, 0.717) is 11.1 Å². The van der Waals surface area contributed by atoms with E-state index >= 15 is 0 Å². The first kappa shape index (κ1) is 29.9. The summed E-state index contributed by atoms with van der Waals surface area (Å²) in [7, 11) is -2.62. The SMILES string of the molecule is C[C@@H]1CN([C@H](C)CO)S(=O)(=O)c2ccc(-c3ccc(C#N)cc3)cc2O[C@H]1CN(C)C(=O)Nc1cc(F)ccc1F. The lowest BCUT2D eigenvalue weighted by Crippen LogP contribution is -2.50. The van der Waals surface area contributed by atoms with E-state index < -0.39 is 52.4 Å². The van der Waals surface area contributed by atoms with Crippen LogP contribution in [0, 0.1) is 28.9 Å². The summed E-state index contributed by atoms with van der Waals surface area (Å²) < 4.78 is 62.6. The number of sulfonamides is 1. The Morgan fingerprint density at radius 2 is 1.85 bits per heavy atom. The Labute approximate surface area is 237 Å². The molecular weight excluding hydrogens is 554 g/mol. The van der Waals surface area contributed by atoms with Crippen molar-refractivity contribution in [2.45, 2.75) is 30.9 Å². The average Bonchev–Trinajstić information content (AvgIpc) is 2.96. The number of hydrogen-bond acceptors (Lipinski definition) is 6. The zero-order valence-corrected chi connectivity index (χ0v) is 23.5. The molecule has 1 aliphatic heterocycles. The highest BCUT2D eigenvalue weighted by molar-refractivity contribution is 7.89. The minimum atomic E-state index is -4.08. The highest BCUT2D eigenvalue weighted by Crippen LogP contribution is 2.36. The van der Waals surface area contributed by atoms with Gasteiger partial charge in [0.15, 0.2) is 0 Å². The van der Waals surface area contributed by atoms with Crippen LogP contribution in [0.4, 0.5) is 19.3 Å². The number of aliphatic hydroxyl groups is 1. The number of halogens is 2. The third kappa shape index (κ3) is 6.48. The van der Waals surface area contributed by atoms with E-state index in [1.807, 2.05) is 0 Å². The highest BCUT2D eigenvalue weighted by atomic mass is 32.2. The van der Waals surface area contributed by atoms with Crippen LogP contribution in [0.2, 0.25) is 0 Å². The predicted octanol–water partition coefficient (Wildman–Crippen LogP) is 4.44. The van der Waals surface area contributed by atoms with Crippen LogP contribution in [0.3, 0.4) is 0 Å². The molecule has 0 bridgehead atoms. The molecule has 3 aromatic rings. The summed E-state index contributed by atoms with van der Waals surface area (Å²) >= 11 is 0.